The Morgan fingerprint density at radius 3 is 2.94 bits per heavy atom. The van der Waals surface area contributed by atoms with Gasteiger partial charge >= 0.3 is 0 Å². The van der Waals surface area contributed by atoms with Gasteiger partial charge in [0.1, 0.15) is 12.2 Å². The number of likely N-dealkylation sites (N-methyl/N-ethyl adjacent to an activating group) is 1. The highest BCUT2D eigenvalue weighted by atomic mass is 16.2. The van der Waals surface area contributed by atoms with Crippen LogP contribution >= 0.6 is 0 Å². The van der Waals surface area contributed by atoms with E-state index < -0.39 is 0 Å². The van der Waals surface area contributed by atoms with Crippen LogP contribution in [0.1, 0.15) is 19.2 Å². The molecule has 0 saturated heterocycles. The molecule has 1 rings (SSSR count). The lowest BCUT2D eigenvalue weighted by molar-refractivity contribution is -0.127. The lowest BCUT2D eigenvalue weighted by atomic mass is 10.4. The van der Waals surface area contributed by atoms with Crippen LogP contribution in [0.5, 0.6) is 0 Å². The zero-order valence-electron chi connectivity index (χ0n) is 10.1. The molecule has 0 aliphatic carbocycles. The molecule has 1 heterocycles. The van der Waals surface area contributed by atoms with Crippen LogP contribution in [0.3, 0.4) is 0 Å². The largest absolute Gasteiger partial charge is 0.348 e. The van der Waals surface area contributed by atoms with Crippen LogP contribution in [0.4, 0.5) is 0 Å². The van der Waals surface area contributed by atoms with Gasteiger partial charge in [0, 0.05) is 20.6 Å². The summed E-state index contributed by atoms with van der Waals surface area (Å²) in [6.45, 7) is 3.85. The van der Waals surface area contributed by atoms with E-state index in [4.69, 9.17) is 0 Å². The second kappa shape index (κ2) is 6.22. The number of hydrogen-bond donors (Lipinski definition) is 1. The van der Waals surface area contributed by atoms with E-state index in [1.165, 1.54) is 0 Å². The monoisotopic (exact) mass is 225 g/mol. The number of aromatic nitrogens is 3. The van der Waals surface area contributed by atoms with Crippen molar-refractivity contribution in [3.05, 3.63) is 12.2 Å². The summed E-state index contributed by atoms with van der Waals surface area (Å²) in [7, 11) is 3.48. The average Bonchev–Trinajstić information content (AvgIpc) is 2.66. The maximum absolute atomic E-state index is 11.3. The highest BCUT2D eigenvalue weighted by Crippen LogP contribution is 1.95. The minimum absolute atomic E-state index is 0.0570. The summed E-state index contributed by atoms with van der Waals surface area (Å²) >= 11 is 0. The van der Waals surface area contributed by atoms with Crippen molar-refractivity contribution >= 4 is 5.91 Å². The zero-order chi connectivity index (χ0) is 12.0. The SMILES string of the molecule is CCCn1ncnc1CNCC(=O)N(C)C. The first-order valence-electron chi connectivity index (χ1n) is 5.42. The Bertz CT molecular complexity index is 334. The molecule has 1 amide bonds. The number of carbonyl (C=O) groups is 1. The Kier molecular flexibility index (Phi) is 4.91. The molecule has 0 spiro atoms. The second-order valence-electron chi connectivity index (χ2n) is 3.79. The predicted octanol–water partition coefficient (Wildman–Crippen LogP) is -0.134. The van der Waals surface area contributed by atoms with Gasteiger partial charge < -0.3 is 10.2 Å². The Morgan fingerprint density at radius 2 is 2.31 bits per heavy atom. The molecule has 0 aliphatic heterocycles. The maximum Gasteiger partial charge on any atom is 0.236 e. The van der Waals surface area contributed by atoms with Gasteiger partial charge in [-0.15, -0.1) is 0 Å². The number of hydrogen-bond acceptors (Lipinski definition) is 4. The van der Waals surface area contributed by atoms with Crippen LogP contribution in [0.25, 0.3) is 0 Å². The third kappa shape index (κ3) is 3.62. The first kappa shape index (κ1) is 12.6. The normalized spacial score (nSPS) is 10.4. The van der Waals surface area contributed by atoms with E-state index in [0.29, 0.717) is 13.1 Å². The lowest BCUT2D eigenvalue weighted by Gasteiger charge is -2.10. The predicted molar refractivity (Wildman–Crippen MR) is 60.7 cm³/mol. The van der Waals surface area contributed by atoms with Crippen molar-refractivity contribution in [1.29, 1.82) is 0 Å². The van der Waals surface area contributed by atoms with E-state index >= 15 is 0 Å². The number of amides is 1. The molecule has 0 unspecified atom stereocenters. The molecule has 0 bridgehead atoms. The third-order valence-electron chi connectivity index (χ3n) is 2.19. The van der Waals surface area contributed by atoms with Crippen LogP contribution in [-0.2, 0) is 17.9 Å². The molecule has 1 aromatic heterocycles. The van der Waals surface area contributed by atoms with Gasteiger partial charge in [0.15, 0.2) is 0 Å². The van der Waals surface area contributed by atoms with Crippen molar-refractivity contribution in [2.45, 2.75) is 26.4 Å². The first-order valence-corrected chi connectivity index (χ1v) is 5.42. The molecular weight excluding hydrogens is 206 g/mol. The standard InChI is InChI=1S/C10H19N5O/c1-4-5-15-9(12-8-13-15)6-11-7-10(16)14(2)3/h8,11H,4-7H2,1-3H3. The molecule has 0 aliphatic rings. The Balaban J connectivity index is 2.37. The minimum atomic E-state index is 0.0570. The number of nitrogens with zero attached hydrogens (tertiary/aromatic N) is 4. The molecular formula is C10H19N5O. The summed E-state index contributed by atoms with van der Waals surface area (Å²) in [6, 6.07) is 0. The van der Waals surface area contributed by atoms with Gasteiger partial charge in [-0.25, -0.2) is 9.67 Å². The van der Waals surface area contributed by atoms with E-state index in [9.17, 15) is 4.79 Å². The second-order valence-corrected chi connectivity index (χ2v) is 3.79. The lowest BCUT2D eigenvalue weighted by Crippen LogP contribution is -2.33. The van der Waals surface area contributed by atoms with Crippen molar-refractivity contribution in [3.8, 4) is 0 Å². The minimum Gasteiger partial charge on any atom is -0.348 e. The first-order chi connectivity index (χ1) is 7.65. The smallest absolute Gasteiger partial charge is 0.236 e. The quantitative estimate of drug-likeness (QED) is 0.732. The summed E-state index contributed by atoms with van der Waals surface area (Å²) in [5.41, 5.74) is 0. The van der Waals surface area contributed by atoms with Gasteiger partial charge in [-0.2, -0.15) is 5.10 Å². The van der Waals surface area contributed by atoms with Crippen molar-refractivity contribution in [1.82, 2.24) is 25.0 Å². The van der Waals surface area contributed by atoms with Gasteiger partial charge in [-0.05, 0) is 6.42 Å². The summed E-state index contributed by atoms with van der Waals surface area (Å²) in [5, 5.41) is 7.16. The van der Waals surface area contributed by atoms with Gasteiger partial charge in [-0.1, -0.05) is 6.92 Å². The summed E-state index contributed by atoms with van der Waals surface area (Å²) in [4.78, 5) is 17.0. The van der Waals surface area contributed by atoms with Crippen LogP contribution in [-0.4, -0.2) is 46.2 Å². The molecule has 0 saturated carbocycles. The Hall–Kier alpha value is -1.43. The van der Waals surface area contributed by atoms with Crippen molar-refractivity contribution in [3.63, 3.8) is 0 Å². The molecule has 0 aromatic carbocycles. The molecule has 1 N–H and O–H groups in total. The molecule has 0 fully saturated rings. The fourth-order valence-corrected chi connectivity index (χ4v) is 1.26. The average molecular weight is 225 g/mol. The highest BCUT2D eigenvalue weighted by Gasteiger charge is 2.06. The summed E-state index contributed by atoms with van der Waals surface area (Å²) < 4.78 is 1.85. The van der Waals surface area contributed by atoms with Crippen molar-refractivity contribution in [2.75, 3.05) is 20.6 Å². The highest BCUT2D eigenvalue weighted by molar-refractivity contribution is 5.77. The van der Waals surface area contributed by atoms with Crippen molar-refractivity contribution in [2.24, 2.45) is 0 Å². The van der Waals surface area contributed by atoms with Crippen LogP contribution in [0, 0.1) is 0 Å². The van der Waals surface area contributed by atoms with Crippen LogP contribution in [0.15, 0.2) is 6.33 Å². The van der Waals surface area contributed by atoms with E-state index in [-0.39, 0.29) is 5.91 Å². The van der Waals surface area contributed by atoms with Gasteiger partial charge in [0.25, 0.3) is 0 Å². The molecule has 16 heavy (non-hydrogen) atoms. The van der Waals surface area contributed by atoms with Crippen molar-refractivity contribution < 1.29 is 4.79 Å². The molecule has 90 valence electrons. The summed E-state index contributed by atoms with van der Waals surface area (Å²) in [6.07, 6.45) is 2.56. The fourth-order valence-electron chi connectivity index (χ4n) is 1.26. The van der Waals surface area contributed by atoms with Gasteiger partial charge in [0.05, 0.1) is 13.1 Å². The number of nitrogens with one attached hydrogen (secondary N) is 1. The number of carbonyl (C=O) groups excluding carboxylic acids is 1. The maximum atomic E-state index is 11.3. The van der Waals surface area contributed by atoms with Gasteiger partial charge in [0.2, 0.25) is 5.91 Å². The van der Waals surface area contributed by atoms with Crippen LogP contribution < -0.4 is 5.32 Å². The Morgan fingerprint density at radius 1 is 1.56 bits per heavy atom. The van der Waals surface area contributed by atoms with E-state index in [1.54, 1.807) is 25.3 Å². The number of aryl methyl sites for hydroxylation is 1. The number of rotatable bonds is 6. The third-order valence-corrected chi connectivity index (χ3v) is 2.19. The fraction of sp³-hybridized carbons (Fsp3) is 0.700. The molecule has 1 aromatic rings. The summed E-state index contributed by atoms with van der Waals surface area (Å²) in [5.74, 6) is 0.926. The van der Waals surface area contributed by atoms with Gasteiger partial charge in [-0.3, -0.25) is 4.79 Å². The van der Waals surface area contributed by atoms with E-state index in [1.807, 2.05) is 4.68 Å². The molecule has 6 nitrogen and oxygen atoms in total. The zero-order valence-corrected chi connectivity index (χ0v) is 10.1. The molecule has 6 heteroatoms. The topological polar surface area (TPSA) is 63.1 Å². The van der Waals surface area contributed by atoms with E-state index in [0.717, 1.165) is 18.8 Å². The van der Waals surface area contributed by atoms with Crippen LogP contribution in [0.2, 0.25) is 0 Å². The molecule has 0 atom stereocenters. The molecule has 0 radical (unpaired) electrons. The Labute approximate surface area is 95.6 Å². The van der Waals surface area contributed by atoms with E-state index in [2.05, 4.69) is 22.3 Å².